The van der Waals surface area contributed by atoms with Crippen molar-refractivity contribution < 1.29 is 4.42 Å². The summed E-state index contributed by atoms with van der Waals surface area (Å²) in [5, 5.41) is 0. The van der Waals surface area contributed by atoms with Crippen LogP contribution in [0.3, 0.4) is 0 Å². The molecular formula is C59H39NO. The number of anilines is 3. The fraction of sp³-hybridized carbons (Fsp3) is 0.0169. The molecule has 0 atom stereocenters. The molecule has 0 aliphatic heterocycles. The quantitative estimate of drug-likeness (QED) is 0.167. The van der Waals surface area contributed by atoms with Crippen molar-refractivity contribution in [1.29, 1.82) is 0 Å². The van der Waals surface area contributed by atoms with Crippen molar-refractivity contribution >= 4 is 17.1 Å². The largest absolute Gasteiger partial charge is 0.464 e. The maximum absolute atomic E-state index is 5.75. The van der Waals surface area contributed by atoms with Gasteiger partial charge in [-0.2, -0.15) is 0 Å². The van der Waals surface area contributed by atoms with Crippen LogP contribution in [0.15, 0.2) is 241 Å². The molecule has 0 N–H and O–H groups in total. The first-order chi connectivity index (χ1) is 30.3. The van der Waals surface area contributed by atoms with Crippen molar-refractivity contribution in [2.45, 2.75) is 5.41 Å². The van der Waals surface area contributed by atoms with Crippen LogP contribution in [0.1, 0.15) is 22.3 Å². The highest BCUT2D eigenvalue weighted by Crippen LogP contribution is 2.62. The standard InChI is InChI=1S/C59H39NO/c1-2-14-40(15-3-1)41-27-31-45(32-28-41)60(46-33-29-42(30-34-46)43-16-12-17-44(38-43)58-26-13-37-61-58)47-35-36-53-52-22-8-11-25-56(52)59(57(53)39-47)54-23-9-6-20-50(54)48-18-4-5-19-49(48)51-21-7-10-24-55(51)59/h1-39H. The van der Waals surface area contributed by atoms with E-state index < -0.39 is 5.41 Å². The van der Waals surface area contributed by atoms with E-state index in [0.717, 1.165) is 39.5 Å². The number of hydrogen-bond acceptors (Lipinski definition) is 2. The van der Waals surface area contributed by atoms with E-state index in [0.29, 0.717) is 0 Å². The van der Waals surface area contributed by atoms with Gasteiger partial charge in [-0.05, 0) is 132 Å². The summed E-state index contributed by atoms with van der Waals surface area (Å²) in [6, 6.07) is 84.4. The second kappa shape index (κ2) is 14.1. The highest BCUT2D eigenvalue weighted by molar-refractivity contribution is 5.98. The van der Waals surface area contributed by atoms with Gasteiger partial charge in [0, 0.05) is 22.6 Å². The monoisotopic (exact) mass is 777 g/mol. The lowest BCUT2D eigenvalue weighted by atomic mass is 9.66. The van der Waals surface area contributed by atoms with E-state index in [1.54, 1.807) is 6.26 Å². The van der Waals surface area contributed by atoms with Gasteiger partial charge in [0.05, 0.1) is 11.7 Å². The summed E-state index contributed by atoms with van der Waals surface area (Å²) in [6.07, 6.45) is 1.73. The van der Waals surface area contributed by atoms with E-state index in [4.69, 9.17) is 4.42 Å². The second-order valence-corrected chi connectivity index (χ2v) is 16.0. The third-order valence-electron chi connectivity index (χ3n) is 12.8. The zero-order valence-electron chi connectivity index (χ0n) is 33.4. The Morgan fingerprint density at radius 1 is 0.279 bits per heavy atom. The normalized spacial score (nSPS) is 12.7. The van der Waals surface area contributed by atoms with E-state index in [9.17, 15) is 0 Å². The molecule has 61 heavy (non-hydrogen) atoms. The smallest absolute Gasteiger partial charge is 0.133 e. The molecule has 2 aliphatic rings. The molecule has 0 saturated carbocycles. The van der Waals surface area contributed by atoms with Gasteiger partial charge in [-0.25, -0.2) is 0 Å². The van der Waals surface area contributed by atoms with E-state index in [2.05, 4.69) is 223 Å². The summed E-state index contributed by atoms with van der Waals surface area (Å²) >= 11 is 0. The number of hydrogen-bond donors (Lipinski definition) is 0. The SMILES string of the molecule is c1ccc(-c2ccc(N(c3ccc(-c4cccc(-c5ccco5)c4)cc3)c3ccc4c(c3)C3(c5ccccc5-c5ccccc5-c5ccccc53)c3ccccc3-4)cc2)cc1. The third kappa shape index (κ3) is 5.50. The summed E-state index contributed by atoms with van der Waals surface area (Å²) in [6.45, 7) is 0. The minimum Gasteiger partial charge on any atom is -0.464 e. The summed E-state index contributed by atoms with van der Waals surface area (Å²) < 4.78 is 5.75. The van der Waals surface area contributed by atoms with Crippen molar-refractivity contribution in [2.24, 2.45) is 0 Å². The van der Waals surface area contributed by atoms with E-state index in [1.165, 1.54) is 66.8 Å². The summed E-state index contributed by atoms with van der Waals surface area (Å²) in [5.41, 5.74) is 21.2. The average molecular weight is 778 g/mol. The van der Waals surface area contributed by atoms with E-state index >= 15 is 0 Å². The van der Waals surface area contributed by atoms with Crippen LogP contribution < -0.4 is 4.90 Å². The van der Waals surface area contributed by atoms with Gasteiger partial charge in [0.15, 0.2) is 0 Å². The predicted octanol–water partition coefficient (Wildman–Crippen LogP) is 15.8. The first-order valence-corrected chi connectivity index (χ1v) is 21.0. The highest BCUT2D eigenvalue weighted by Gasteiger charge is 2.49. The number of rotatable bonds is 6. The fourth-order valence-electron chi connectivity index (χ4n) is 10.2. The molecule has 12 rings (SSSR count). The lowest BCUT2D eigenvalue weighted by molar-refractivity contribution is 0.582. The maximum Gasteiger partial charge on any atom is 0.133 e. The molecule has 1 heterocycles. The molecule has 0 saturated heterocycles. The van der Waals surface area contributed by atoms with Crippen LogP contribution in [-0.2, 0) is 5.41 Å². The lowest BCUT2D eigenvalue weighted by Crippen LogP contribution is -2.29. The van der Waals surface area contributed by atoms with Crippen LogP contribution in [0, 0.1) is 0 Å². The molecule has 0 radical (unpaired) electrons. The van der Waals surface area contributed by atoms with Crippen molar-refractivity contribution in [2.75, 3.05) is 4.90 Å². The van der Waals surface area contributed by atoms with Crippen LogP contribution in [0.2, 0.25) is 0 Å². The maximum atomic E-state index is 5.75. The van der Waals surface area contributed by atoms with Crippen molar-refractivity contribution in [3.63, 3.8) is 0 Å². The number of fused-ring (bicyclic) bond motifs is 12. The molecule has 9 aromatic carbocycles. The van der Waals surface area contributed by atoms with Gasteiger partial charge in [0.25, 0.3) is 0 Å². The van der Waals surface area contributed by atoms with E-state index in [-0.39, 0.29) is 0 Å². The summed E-state index contributed by atoms with van der Waals surface area (Å²) in [5.74, 6) is 0.864. The Morgan fingerprint density at radius 3 is 1.30 bits per heavy atom. The lowest BCUT2D eigenvalue weighted by Gasteiger charge is -2.36. The van der Waals surface area contributed by atoms with Crippen LogP contribution in [0.4, 0.5) is 17.1 Å². The molecule has 286 valence electrons. The van der Waals surface area contributed by atoms with Gasteiger partial charge < -0.3 is 9.32 Å². The van der Waals surface area contributed by atoms with Gasteiger partial charge >= 0.3 is 0 Å². The number of nitrogens with zero attached hydrogens (tertiary/aromatic N) is 1. The van der Waals surface area contributed by atoms with E-state index in [1.807, 2.05) is 12.1 Å². The highest BCUT2D eigenvalue weighted by atomic mass is 16.3. The molecule has 1 spiro atoms. The molecule has 0 amide bonds. The Morgan fingerprint density at radius 2 is 0.721 bits per heavy atom. The third-order valence-corrected chi connectivity index (χ3v) is 12.8. The molecule has 0 bridgehead atoms. The number of furan rings is 1. The molecular weight excluding hydrogens is 739 g/mol. The van der Waals surface area contributed by atoms with Gasteiger partial charge in [0.2, 0.25) is 0 Å². The first-order valence-electron chi connectivity index (χ1n) is 21.0. The van der Waals surface area contributed by atoms with Gasteiger partial charge in [-0.15, -0.1) is 0 Å². The average Bonchev–Trinajstić information content (AvgIpc) is 3.96. The molecule has 2 aliphatic carbocycles. The molecule has 2 heteroatoms. The van der Waals surface area contributed by atoms with Crippen molar-refractivity contribution in [3.05, 3.63) is 259 Å². The molecule has 0 unspecified atom stereocenters. The summed E-state index contributed by atoms with van der Waals surface area (Å²) in [7, 11) is 0. The Bertz CT molecular complexity index is 3170. The molecule has 0 fully saturated rings. The van der Waals surface area contributed by atoms with Gasteiger partial charge in [-0.1, -0.05) is 176 Å². The Labute approximate surface area is 356 Å². The topological polar surface area (TPSA) is 16.4 Å². The Balaban J connectivity index is 1.07. The van der Waals surface area contributed by atoms with Crippen LogP contribution in [0.25, 0.3) is 67.0 Å². The second-order valence-electron chi connectivity index (χ2n) is 16.0. The minimum absolute atomic E-state index is 0.570. The van der Waals surface area contributed by atoms with Crippen LogP contribution in [0.5, 0.6) is 0 Å². The van der Waals surface area contributed by atoms with Crippen LogP contribution >= 0.6 is 0 Å². The van der Waals surface area contributed by atoms with Crippen LogP contribution in [-0.4, -0.2) is 0 Å². The summed E-state index contributed by atoms with van der Waals surface area (Å²) in [4.78, 5) is 2.41. The minimum atomic E-state index is -0.570. The zero-order chi connectivity index (χ0) is 40.3. The molecule has 10 aromatic rings. The van der Waals surface area contributed by atoms with Crippen molar-refractivity contribution in [3.8, 4) is 67.0 Å². The number of benzene rings is 9. The van der Waals surface area contributed by atoms with Gasteiger partial charge in [0.1, 0.15) is 5.76 Å². The van der Waals surface area contributed by atoms with Gasteiger partial charge in [-0.3, -0.25) is 0 Å². The zero-order valence-corrected chi connectivity index (χ0v) is 33.4. The van der Waals surface area contributed by atoms with Crippen molar-refractivity contribution in [1.82, 2.24) is 0 Å². The molecule has 2 nitrogen and oxygen atoms in total. The Hall–Kier alpha value is -7.94. The predicted molar refractivity (Wildman–Crippen MR) is 251 cm³/mol. The Kier molecular flexibility index (Phi) is 8.11. The first kappa shape index (κ1) is 35.0. The fourth-order valence-corrected chi connectivity index (χ4v) is 10.2. The molecule has 1 aromatic heterocycles.